The van der Waals surface area contributed by atoms with Crippen molar-refractivity contribution in [3.05, 3.63) is 42.0 Å². The average Bonchev–Trinajstić information content (AvgIpc) is 2.35. The van der Waals surface area contributed by atoms with Crippen molar-refractivity contribution in [2.24, 2.45) is 0 Å². The van der Waals surface area contributed by atoms with Crippen LogP contribution in [0.5, 0.6) is 5.75 Å². The molecule has 0 unspecified atom stereocenters. The van der Waals surface area contributed by atoms with Crippen molar-refractivity contribution >= 4 is 22.7 Å². The van der Waals surface area contributed by atoms with Gasteiger partial charge < -0.3 is 27.6 Å². The van der Waals surface area contributed by atoms with Gasteiger partial charge in [-0.3, -0.25) is 0 Å². The number of aromatic hydroxyl groups is 1. The first-order valence-corrected chi connectivity index (χ1v) is 5.53. The summed E-state index contributed by atoms with van der Waals surface area (Å²) in [4.78, 5) is 0. The molecular weight excluding hydrogens is 228 g/mol. The molecule has 8 N–H and O–H groups in total. The number of nitrogens with one attached hydrogen (secondary N) is 1. The largest absolute Gasteiger partial charge is 0.506 e. The fourth-order valence-electron chi connectivity index (χ4n) is 1.68. The molecule has 2 aromatic rings. The second-order valence-electron chi connectivity index (χ2n) is 4.05. The number of nitrogens with two attached hydrogens (primary N) is 3. The molecule has 2 rings (SSSR count). The number of hydrogen-bond donors (Lipinski definition) is 5. The molecule has 0 aliphatic rings. The molecule has 0 saturated heterocycles. The lowest BCUT2D eigenvalue weighted by Crippen LogP contribution is -2.05. The lowest BCUT2D eigenvalue weighted by molar-refractivity contribution is 0.478. The molecule has 0 amide bonds. The van der Waals surface area contributed by atoms with Crippen molar-refractivity contribution in [3.63, 3.8) is 0 Å². The van der Waals surface area contributed by atoms with Crippen LogP contribution in [0.3, 0.4) is 0 Å². The number of hydrogen-bond acceptors (Lipinski definition) is 5. The monoisotopic (exact) mass is 244 g/mol. The molecule has 94 valence electrons. The number of rotatable bonds is 3. The molecule has 0 aliphatic heterocycles. The fraction of sp³-hybridized carbons (Fsp3) is 0.0769. The van der Waals surface area contributed by atoms with E-state index in [1.54, 1.807) is 30.3 Å². The summed E-state index contributed by atoms with van der Waals surface area (Å²) in [5.41, 5.74) is 20.5. The van der Waals surface area contributed by atoms with Gasteiger partial charge in [0.15, 0.2) is 0 Å². The second kappa shape index (κ2) is 4.75. The molecular formula is C13H16N4O. The molecule has 0 bridgehead atoms. The van der Waals surface area contributed by atoms with E-state index in [1.165, 1.54) is 6.07 Å². The molecule has 0 fully saturated rings. The lowest BCUT2D eigenvalue weighted by atomic mass is 10.1. The Hall–Kier alpha value is -2.56. The Morgan fingerprint density at radius 3 is 2.61 bits per heavy atom. The fourth-order valence-corrected chi connectivity index (χ4v) is 1.68. The quantitative estimate of drug-likeness (QED) is 0.417. The van der Waals surface area contributed by atoms with Gasteiger partial charge in [0.2, 0.25) is 0 Å². The van der Waals surface area contributed by atoms with Gasteiger partial charge in [-0.1, -0.05) is 6.07 Å². The van der Waals surface area contributed by atoms with Gasteiger partial charge in [-0.15, -0.1) is 0 Å². The first kappa shape index (κ1) is 11.9. The first-order chi connectivity index (χ1) is 8.58. The number of anilines is 4. The molecule has 18 heavy (non-hydrogen) atoms. The second-order valence-corrected chi connectivity index (χ2v) is 4.05. The maximum atomic E-state index is 9.49. The highest BCUT2D eigenvalue weighted by Gasteiger charge is 2.04. The van der Waals surface area contributed by atoms with Gasteiger partial charge in [0.05, 0.1) is 11.4 Å². The zero-order valence-electron chi connectivity index (χ0n) is 9.85. The molecule has 0 spiro atoms. The highest BCUT2D eigenvalue weighted by atomic mass is 16.3. The Morgan fingerprint density at radius 1 is 1.06 bits per heavy atom. The number of phenolic OH excluding ortho intramolecular Hbond substituents is 1. The number of phenols is 1. The van der Waals surface area contributed by atoms with Crippen LogP contribution in [-0.4, -0.2) is 5.11 Å². The van der Waals surface area contributed by atoms with Crippen molar-refractivity contribution in [3.8, 4) is 5.75 Å². The average molecular weight is 244 g/mol. The van der Waals surface area contributed by atoms with Crippen molar-refractivity contribution < 1.29 is 5.11 Å². The van der Waals surface area contributed by atoms with Crippen LogP contribution in [0, 0.1) is 0 Å². The van der Waals surface area contributed by atoms with Gasteiger partial charge in [-0.25, -0.2) is 0 Å². The Labute approximate surface area is 105 Å². The molecule has 0 aliphatic carbocycles. The summed E-state index contributed by atoms with van der Waals surface area (Å²) in [6, 6.07) is 10.4. The standard InChI is InChI=1S/C13H16N4O/c14-9-4-5-10(15)8(6-9)7-17-11-2-1-3-12(18)13(11)16/h1-6,17-18H,7,14-16H2. The Balaban J connectivity index is 2.16. The summed E-state index contributed by atoms with van der Waals surface area (Å²) in [5, 5.41) is 12.6. The van der Waals surface area contributed by atoms with Gasteiger partial charge in [0, 0.05) is 17.9 Å². The molecule has 0 atom stereocenters. The van der Waals surface area contributed by atoms with E-state index in [0.717, 1.165) is 5.56 Å². The van der Waals surface area contributed by atoms with Gasteiger partial charge in [0.1, 0.15) is 5.75 Å². The van der Waals surface area contributed by atoms with E-state index in [9.17, 15) is 5.11 Å². The molecule has 2 aromatic carbocycles. The molecule has 0 aromatic heterocycles. The first-order valence-electron chi connectivity index (χ1n) is 5.53. The van der Waals surface area contributed by atoms with Crippen molar-refractivity contribution in [2.75, 3.05) is 22.5 Å². The van der Waals surface area contributed by atoms with E-state index in [-0.39, 0.29) is 5.75 Å². The van der Waals surface area contributed by atoms with Crippen molar-refractivity contribution in [1.29, 1.82) is 0 Å². The topological polar surface area (TPSA) is 110 Å². The minimum atomic E-state index is 0.0561. The normalized spacial score (nSPS) is 10.2. The predicted octanol–water partition coefficient (Wildman–Crippen LogP) is 1.75. The van der Waals surface area contributed by atoms with Crippen LogP contribution >= 0.6 is 0 Å². The minimum absolute atomic E-state index is 0.0561. The Kier molecular flexibility index (Phi) is 3.14. The lowest BCUT2D eigenvalue weighted by Gasteiger charge is -2.12. The van der Waals surface area contributed by atoms with E-state index in [1.807, 2.05) is 0 Å². The molecule has 5 nitrogen and oxygen atoms in total. The predicted molar refractivity (Wildman–Crippen MR) is 75.1 cm³/mol. The SMILES string of the molecule is Nc1ccc(N)c(CNc2cccc(O)c2N)c1. The van der Waals surface area contributed by atoms with Crippen LogP contribution in [0.25, 0.3) is 0 Å². The van der Waals surface area contributed by atoms with E-state index in [2.05, 4.69) is 5.32 Å². The van der Waals surface area contributed by atoms with Gasteiger partial charge in [0.25, 0.3) is 0 Å². The van der Waals surface area contributed by atoms with E-state index in [0.29, 0.717) is 29.3 Å². The van der Waals surface area contributed by atoms with Gasteiger partial charge >= 0.3 is 0 Å². The number of para-hydroxylation sites is 1. The van der Waals surface area contributed by atoms with Crippen LogP contribution in [0.1, 0.15) is 5.56 Å². The highest BCUT2D eigenvalue weighted by molar-refractivity contribution is 5.72. The third-order valence-corrected chi connectivity index (χ3v) is 2.72. The van der Waals surface area contributed by atoms with E-state index >= 15 is 0 Å². The summed E-state index contributed by atoms with van der Waals surface area (Å²) in [6.45, 7) is 0.491. The van der Waals surface area contributed by atoms with Crippen LogP contribution in [0.15, 0.2) is 36.4 Å². The summed E-state index contributed by atoms with van der Waals surface area (Å²) in [6.07, 6.45) is 0. The van der Waals surface area contributed by atoms with Crippen molar-refractivity contribution in [2.45, 2.75) is 6.54 Å². The summed E-state index contributed by atoms with van der Waals surface area (Å²) < 4.78 is 0. The third-order valence-electron chi connectivity index (χ3n) is 2.72. The van der Waals surface area contributed by atoms with Crippen LogP contribution < -0.4 is 22.5 Å². The van der Waals surface area contributed by atoms with E-state index < -0.39 is 0 Å². The van der Waals surface area contributed by atoms with Crippen LogP contribution in [0.2, 0.25) is 0 Å². The zero-order valence-corrected chi connectivity index (χ0v) is 9.85. The molecule has 0 saturated carbocycles. The zero-order chi connectivity index (χ0) is 13.1. The summed E-state index contributed by atoms with van der Waals surface area (Å²) in [5.74, 6) is 0.0561. The van der Waals surface area contributed by atoms with Crippen LogP contribution in [-0.2, 0) is 6.54 Å². The van der Waals surface area contributed by atoms with Gasteiger partial charge in [-0.2, -0.15) is 0 Å². The molecule has 5 heteroatoms. The highest BCUT2D eigenvalue weighted by Crippen LogP contribution is 2.28. The minimum Gasteiger partial charge on any atom is -0.506 e. The molecule has 0 radical (unpaired) electrons. The summed E-state index contributed by atoms with van der Waals surface area (Å²) in [7, 11) is 0. The smallest absolute Gasteiger partial charge is 0.140 e. The number of nitrogen functional groups attached to an aromatic ring is 3. The Bertz CT molecular complexity index is 567. The van der Waals surface area contributed by atoms with E-state index in [4.69, 9.17) is 17.2 Å². The maximum absolute atomic E-state index is 9.49. The summed E-state index contributed by atoms with van der Waals surface area (Å²) >= 11 is 0. The number of benzene rings is 2. The van der Waals surface area contributed by atoms with Gasteiger partial charge in [-0.05, 0) is 35.9 Å². The third kappa shape index (κ3) is 2.40. The van der Waals surface area contributed by atoms with Crippen molar-refractivity contribution in [1.82, 2.24) is 0 Å². The molecule has 0 heterocycles. The maximum Gasteiger partial charge on any atom is 0.140 e. The Morgan fingerprint density at radius 2 is 1.83 bits per heavy atom. The van der Waals surface area contributed by atoms with Crippen LogP contribution in [0.4, 0.5) is 22.7 Å².